The quantitative estimate of drug-likeness (QED) is 0.418. The second-order valence-corrected chi connectivity index (χ2v) is 7.96. The van der Waals surface area contributed by atoms with Gasteiger partial charge in [-0.3, -0.25) is 9.59 Å². The highest BCUT2D eigenvalue weighted by molar-refractivity contribution is 9.10. The van der Waals surface area contributed by atoms with E-state index in [1.165, 1.54) is 24.4 Å². The summed E-state index contributed by atoms with van der Waals surface area (Å²) in [5.74, 6) is -1.04. The van der Waals surface area contributed by atoms with Crippen LogP contribution in [0, 0.1) is 5.92 Å². The number of rotatable bonds is 6. The van der Waals surface area contributed by atoms with Crippen molar-refractivity contribution in [3.8, 4) is 5.75 Å². The van der Waals surface area contributed by atoms with Gasteiger partial charge in [-0.05, 0) is 63.8 Å². The highest BCUT2D eigenvalue weighted by Gasteiger charge is 2.25. The van der Waals surface area contributed by atoms with Crippen LogP contribution < -0.4 is 10.7 Å². The number of benzene rings is 2. The maximum Gasteiger partial charge on any atom is 0.262 e. The molecular weight excluding hydrogens is 469 g/mol. The van der Waals surface area contributed by atoms with Crippen molar-refractivity contribution in [1.82, 2.24) is 10.7 Å². The van der Waals surface area contributed by atoms with Crippen LogP contribution in [0.25, 0.3) is 0 Å². The van der Waals surface area contributed by atoms with Gasteiger partial charge in [0.25, 0.3) is 11.8 Å². The van der Waals surface area contributed by atoms with Gasteiger partial charge in [0.2, 0.25) is 0 Å². The van der Waals surface area contributed by atoms with E-state index >= 15 is 0 Å². The predicted octanol–water partition coefficient (Wildman–Crippen LogP) is 4.37. The van der Waals surface area contributed by atoms with Gasteiger partial charge in [-0.1, -0.05) is 37.0 Å². The maximum atomic E-state index is 12.5. The lowest BCUT2D eigenvalue weighted by molar-refractivity contribution is -0.123. The molecule has 0 fully saturated rings. The molecule has 2 rings (SSSR count). The van der Waals surface area contributed by atoms with Crippen LogP contribution in [-0.2, 0) is 4.79 Å². The minimum Gasteiger partial charge on any atom is -0.507 e. The monoisotopic (exact) mass is 485 g/mol. The van der Waals surface area contributed by atoms with Gasteiger partial charge in [-0.15, -0.1) is 0 Å². The van der Waals surface area contributed by atoms with Crippen LogP contribution in [-0.4, -0.2) is 29.2 Å². The molecule has 1 atom stereocenters. The van der Waals surface area contributed by atoms with E-state index in [0.717, 1.165) is 0 Å². The van der Waals surface area contributed by atoms with E-state index in [4.69, 9.17) is 23.2 Å². The first-order chi connectivity index (χ1) is 13.2. The first-order valence-electron chi connectivity index (χ1n) is 8.26. The Hall–Kier alpha value is -2.09. The highest BCUT2D eigenvalue weighted by atomic mass is 79.9. The Morgan fingerprint density at radius 3 is 2.50 bits per heavy atom. The Labute approximate surface area is 181 Å². The molecule has 0 spiro atoms. The molecule has 1 unspecified atom stereocenters. The molecule has 2 aromatic carbocycles. The average Bonchev–Trinajstić information content (AvgIpc) is 2.62. The van der Waals surface area contributed by atoms with Crippen LogP contribution in [0.15, 0.2) is 46.0 Å². The fraction of sp³-hybridized carbons (Fsp3) is 0.211. The van der Waals surface area contributed by atoms with Crippen LogP contribution in [0.1, 0.15) is 29.8 Å². The molecule has 0 aromatic heterocycles. The third kappa shape index (κ3) is 5.95. The fourth-order valence-electron chi connectivity index (χ4n) is 2.27. The van der Waals surface area contributed by atoms with Crippen LogP contribution in [0.3, 0.4) is 0 Å². The fourth-order valence-corrected chi connectivity index (χ4v) is 3.16. The van der Waals surface area contributed by atoms with E-state index in [1.807, 2.05) is 0 Å². The van der Waals surface area contributed by atoms with Crippen molar-refractivity contribution in [1.29, 1.82) is 0 Å². The van der Waals surface area contributed by atoms with Gasteiger partial charge >= 0.3 is 0 Å². The van der Waals surface area contributed by atoms with E-state index in [1.54, 1.807) is 32.0 Å². The number of phenolic OH excluding ortho intramolecular Hbond substituents is 1. The first kappa shape index (κ1) is 22.2. The molecule has 0 bridgehead atoms. The molecule has 0 heterocycles. The van der Waals surface area contributed by atoms with Crippen molar-refractivity contribution in [3.63, 3.8) is 0 Å². The summed E-state index contributed by atoms with van der Waals surface area (Å²) in [5.41, 5.74) is 3.30. The minimum absolute atomic E-state index is 0.102. The second-order valence-electron chi connectivity index (χ2n) is 6.26. The number of hydrogen-bond donors (Lipinski definition) is 3. The Kier molecular flexibility index (Phi) is 7.86. The molecule has 0 aliphatic heterocycles. The number of hydrazone groups is 1. The molecule has 0 aliphatic carbocycles. The molecule has 0 aliphatic rings. The third-order valence-corrected chi connectivity index (χ3v) is 4.95. The van der Waals surface area contributed by atoms with Gasteiger partial charge in [-0.2, -0.15) is 5.10 Å². The standard InChI is InChI=1S/C19H18BrCl2N3O3/c1-10(2)17(24-18(27)13-5-4-12(21)8-15(13)22)19(28)25-23-9-11-3-6-16(26)14(20)7-11/h3-10,17,26H,1-2H3,(H,24,27)(H,25,28)/b23-9+. The lowest BCUT2D eigenvalue weighted by Gasteiger charge is -2.20. The SMILES string of the molecule is CC(C)C(NC(=O)c1ccc(Cl)cc1Cl)C(=O)N/N=C/c1ccc(O)c(Br)c1. The van der Waals surface area contributed by atoms with Crippen molar-refractivity contribution in [2.24, 2.45) is 11.0 Å². The summed E-state index contributed by atoms with van der Waals surface area (Å²) in [7, 11) is 0. The molecule has 28 heavy (non-hydrogen) atoms. The summed E-state index contributed by atoms with van der Waals surface area (Å²) in [6.45, 7) is 3.60. The van der Waals surface area contributed by atoms with Gasteiger partial charge < -0.3 is 10.4 Å². The van der Waals surface area contributed by atoms with Crippen molar-refractivity contribution in [2.45, 2.75) is 19.9 Å². The van der Waals surface area contributed by atoms with Crippen LogP contribution >= 0.6 is 39.1 Å². The smallest absolute Gasteiger partial charge is 0.262 e. The summed E-state index contributed by atoms with van der Waals surface area (Å²) in [4.78, 5) is 24.9. The Balaban J connectivity index is 2.05. The number of nitrogens with one attached hydrogen (secondary N) is 2. The van der Waals surface area contributed by atoms with Crippen LogP contribution in [0.5, 0.6) is 5.75 Å². The maximum absolute atomic E-state index is 12.5. The number of hydrogen-bond acceptors (Lipinski definition) is 4. The van der Waals surface area contributed by atoms with E-state index in [9.17, 15) is 14.7 Å². The lowest BCUT2D eigenvalue weighted by atomic mass is 10.0. The molecule has 6 nitrogen and oxygen atoms in total. The molecule has 3 N–H and O–H groups in total. The summed E-state index contributed by atoms with van der Waals surface area (Å²) < 4.78 is 0.509. The molecule has 0 saturated carbocycles. The zero-order chi connectivity index (χ0) is 20.8. The number of aromatic hydroxyl groups is 1. The van der Waals surface area contributed by atoms with Crippen molar-refractivity contribution >= 4 is 57.2 Å². The van der Waals surface area contributed by atoms with Crippen molar-refractivity contribution in [3.05, 3.63) is 62.0 Å². The minimum atomic E-state index is -0.817. The third-order valence-electron chi connectivity index (χ3n) is 3.77. The lowest BCUT2D eigenvalue weighted by Crippen LogP contribution is -2.48. The predicted molar refractivity (Wildman–Crippen MR) is 114 cm³/mol. The zero-order valence-corrected chi connectivity index (χ0v) is 18.1. The van der Waals surface area contributed by atoms with Gasteiger partial charge in [0.15, 0.2) is 0 Å². The second kappa shape index (κ2) is 9.91. The topological polar surface area (TPSA) is 90.8 Å². The number of nitrogens with zero attached hydrogens (tertiary/aromatic N) is 1. The summed E-state index contributed by atoms with van der Waals surface area (Å²) in [6, 6.07) is 8.48. The van der Waals surface area contributed by atoms with E-state index in [0.29, 0.717) is 15.1 Å². The number of phenols is 1. The highest BCUT2D eigenvalue weighted by Crippen LogP contribution is 2.23. The Morgan fingerprint density at radius 1 is 1.18 bits per heavy atom. The number of amides is 2. The normalized spacial score (nSPS) is 12.2. The molecule has 2 amide bonds. The van der Waals surface area contributed by atoms with E-state index < -0.39 is 17.9 Å². The molecular formula is C19H18BrCl2N3O3. The van der Waals surface area contributed by atoms with E-state index in [-0.39, 0.29) is 22.3 Å². The molecule has 0 radical (unpaired) electrons. The van der Waals surface area contributed by atoms with Gasteiger partial charge in [-0.25, -0.2) is 5.43 Å². The molecule has 0 saturated heterocycles. The summed E-state index contributed by atoms with van der Waals surface area (Å²) in [5, 5.41) is 16.7. The van der Waals surface area contributed by atoms with Gasteiger partial charge in [0, 0.05) is 5.02 Å². The van der Waals surface area contributed by atoms with Crippen molar-refractivity contribution < 1.29 is 14.7 Å². The number of carbonyl (C=O) groups excluding carboxylic acids is 2. The first-order valence-corrected chi connectivity index (χ1v) is 9.81. The summed E-state index contributed by atoms with van der Waals surface area (Å²) >= 11 is 15.1. The largest absolute Gasteiger partial charge is 0.507 e. The van der Waals surface area contributed by atoms with Crippen LogP contribution in [0.4, 0.5) is 0 Å². The van der Waals surface area contributed by atoms with E-state index in [2.05, 4.69) is 31.8 Å². The average molecular weight is 487 g/mol. The number of carbonyl (C=O) groups is 2. The Morgan fingerprint density at radius 2 is 1.89 bits per heavy atom. The van der Waals surface area contributed by atoms with Crippen molar-refractivity contribution in [2.75, 3.05) is 0 Å². The molecule has 2 aromatic rings. The van der Waals surface area contributed by atoms with Gasteiger partial charge in [0.05, 0.1) is 21.3 Å². The summed E-state index contributed by atoms with van der Waals surface area (Å²) in [6.07, 6.45) is 1.43. The van der Waals surface area contributed by atoms with Gasteiger partial charge in [0.1, 0.15) is 11.8 Å². The zero-order valence-electron chi connectivity index (χ0n) is 15.0. The number of halogens is 3. The van der Waals surface area contributed by atoms with Crippen LogP contribution in [0.2, 0.25) is 10.0 Å². The Bertz CT molecular complexity index is 919. The molecule has 9 heteroatoms. The molecule has 148 valence electrons.